The molecule has 6 heteroatoms. The molecular weight excluding hydrogens is 400 g/mol. The van der Waals surface area contributed by atoms with Crippen LogP contribution in [0.4, 0.5) is 11.4 Å². The summed E-state index contributed by atoms with van der Waals surface area (Å²) in [6, 6.07) is 12.4. The van der Waals surface area contributed by atoms with Crippen molar-refractivity contribution in [1.29, 1.82) is 0 Å². The number of aryl methyl sites for hydroxylation is 1. The van der Waals surface area contributed by atoms with Crippen LogP contribution in [0.5, 0.6) is 0 Å². The van der Waals surface area contributed by atoms with Gasteiger partial charge in [-0.05, 0) is 80.6 Å². The normalized spacial score (nSPS) is 17.0. The van der Waals surface area contributed by atoms with E-state index in [0.717, 1.165) is 37.2 Å². The fraction of sp³-hybridized carbons (Fsp3) is 0.462. The number of rotatable bonds is 5. The Hall–Kier alpha value is -2.86. The Kier molecular flexibility index (Phi) is 6.80. The molecule has 0 aromatic heterocycles. The molecule has 0 spiro atoms. The molecule has 2 aliphatic heterocycles. The van der Waals surface area contributed by atoms with Crippen LogP contribution in [0.2, 0.25) is 0 Å². The van der Waals surface area contributed by atoms with Crippen LogP contribution in [0.15, 0.2) is 36.4 Å². The third-order valence-electron chi connectivity index (χ3n) is 6.96. The van der Waals surface area contributed by atoms with Crippen LogP contribution >= 0.6 is 0 Å². The van der Waals surface area contributed by atoms with Crippen molar-refractivity contribution in [2.45, 2.75) is 45.6 Å². The second-order valence-corrected chi connectivity index (χ2v) is 9.08. The first-order chi connectivity index (χ1) is 15.4. The molecule has 2 aromatic carbocycles. The van der Waals surface area contributed by atoms with E-state index in [2.05, 4.69) is 45.7 Å². The number of likely N-dealkylation sites (N-methyl/N-ethyl adjacent to an activating group) is 1. The lowest BCUT2D eigenvalue weighted by Gasteiger charge is -2.35. The molecule has 0 saturated carbocycles. The van der Waals surface area contributed by atoms with Crippen LogP contribution in [0.3, 0.4) is 0 Å². The topological polar surface area (TPSA) is 64.7 Å². The summed E-state index contributed by atoms with van der Waals surface area (Å²) in [5.41, 5.74) is 6.62. The summed E-state index contributed by atoms with van der Waals surface area (Å²) in [5, 5.41) is 5.67. The lowest BCUT2D eigenvalue weighted by Crippen LogP contribution is -2.43. The minimum atomic E-state index is -0.619. The predicted molar refractivity (Wildman–Crippen MR) is 129 cm³/mol. The molecule has 2 aromatic rings. The van der Waals surface area contributed by atoms with Crippen LogP contribution < -0.4 is 15.5 Å². The largest absolute Gasteiger partial charge is 0.374 e. The van der Waals surface area contributed by atoms with Gasteiger partial charge in [-0.3, -0.25) is 14.5 Å². The Morgan fingerprint density at radius 1 is 1.00 bits per heavy atom. The predicted octanol–water partition coefficient (Wildman–Crippen LogP) is 3.58. The highest BCUT2D eigenvalue weighted by Gasteiger charge is 2.26. The number of hydrogen-bond donors (Lipinski definition) is 2. The van der Waals surface area contributed by atoms with E-state index < -0.39 is 11.8 Å². The van der Waals surface area contributed by atoms with Gasteiger partial charge in [0.1, 0.15) is 0 Å². The molecule has 32 heavy (non-hydrogen) atoms. The van der Waals surface area contributed by atoms with Crippen molar-refractivity contribution in [3.8, 4) is 0 Å². The molecule has 1 atom stereocenters. The zero-order valence-electron chi connectivity index (χ0n) is 19.4. The Morgan fingerprint density at radius 2 is 1.78 bits per heavy atom. The van der Waals surface area contributed by atoms with Crippen molar-refractivity contribution in [3.63, 3.8) is 0 Å². The Balaban J connectivity index is 1.46. The Morgan fingerprint density at radius 3 is 2.56 bits per heavy atom. The van der Waals surface area contributed by atoms with Gasteiger partial charge in [0.25, 0.3) is 0 Å². The standard InChI is InChI=1S/C26H34N4O2/c1-18-8-7-9-22(19(18)2)28-26(32)25(31)27-17-24(30-13-5-4-6-14-30)20-10-11-23-21(16-20)12-15-29(23)3/h7-11,16,24H,4-6,12-15,17H2,1-3H3,(H,27,31)(H,28,32)/t24-/m1/s1. The molecule has 170 valence electrons. The number of amides is 2. The molecule has 0 radical (unpaired) electrons. The molecular formula is C26H34N4O2. The molecule has 2 amide bonds. The van der Waals surface area contributed by atoms with Gasteiger partial charge < -0.3 is 15.5 Å². The fourth-order valence-electron chi connectivity index (χ4n) is 4.82. The van der Waals surface area contributed by atoms with E-state index in [1.807, 2.05) is 32.0 Å². The van der Waals surface area contributed by atoms with E-state index in [1.54, 1.807) is 0 Å². The first-order valence-electron chi connectivity index (χ1n) is 11.7. The molecule has 1 fully saturated rings. The number of hydrogen-bond acceptors (Lipinski definition) is 4. The number of carbonyl (C=O) groups excluding carboxylic acids is 2. The van der Waals surface area contributed by atoms with Gasteiger partial charge in [-0.1, -0.05) is 30.7 Å². The van der Waals surface area contributed by atoms with Crippen molar-refractivity contribution in [2.75, 3.05) is 43.4 Å². The minimum absolute atomic E-state index is 0.0731. The number of anilines is 2. The van der Waals surface area contributed by atoms with Gasteiger partial charge in [0.2, 0.25) is 0 Å². The molecule has 2 heterocycles. The average molecular weight is 435 g/mol. The molecule has 2 aliphatic rings. The molecule has 4 rings (SSSR count). The van der Waals surface area contributed by atoms with Crippen LogP contribution in [-0.4, -0.2) is 49.9 Å². The van der Waals surface area contributed by atoms with Gasteiger partial charge in [-0.15, -0.1) is 0 Å². The maximum Gasteiger partial charge on any atom is 0.313 e. The minimum Gasteiger partial charge on any atom is -0.374 e. The Labute approximate surface area is 191 Å². The summed E-state index contributed by atoms with van der Waals surface area (Å²) in [4.78, 5) is 29.9. The molecule has 6 nitrogen and oxygen atoms in total. The maximum absolute atomic E-state index is 12.6. The van der Waals surface area contributed by atoms with Crippen molar-refractivity contribution >= 4 is 23.2 Å². The highest BCUT2D eigenvalue weighted by molar-refractivity contribution is 6.39. The number of nitrogens with zero attached hydrogens (tertiary/aromatic N) is 2. The van der Waals surface area contributed by atoms with Crippen LogP contribution in [0.25, 0.3) is 0 Å². The number of likely N-dealkylation sites (tertiary alicyclic amines) is 1. The maximum atomic E-state index is 12.6. The van der Waals surface area contributed by atoms with E-state index in [4.69, 9.17) is 0 Å². The second kappa shape index (κ2) is 9.74. The van der Waals surface area contributed by atoms with E-state index >= 15 is 0 Å². The fourth-order valence-corrected chi connectivity index (χ4v) is 4.82. The van der Waals surface area contributed by atoms with Gasteiger partial charge in [0.15, 0.2) is 0 Å². The van der Waals surface area contributed by atoms with Crippen LogP contribution in [0.1, 0.15) is 47.6 Å². The molecule has 0 unspecified atom stereocenters. The van der Waals surface area contributed by atoms with Gasteiger partial charge in [0.05, 0.1) is 6.04 Å². The molecule has 0 bridgehead atoms. The summed E-state index contributed by atoms with van der Waals surface area (Å²) >= 11 is 0. The van der Waals surface area contributed by atoms with Gasteiger partial charge >= 0.3 is 11.8 Å². The summed E-state index contributed by atoms with van der Waals surface area (Å²) in [7, 11) is 2.13. The van der Waals surface area contributed by atoms with Crippen molar-refractivity contribution in [2.24, 2.45) is 0 Å². The zero-order chi connectivity index (χ0) is 22.7. The first-order valence-corrected chi connectivity index (χ1v) is 11.7. The third kappa shape index (κ3) is 4.80. The summed E-state index contributed by atoms with van der Waals surface area (Å²) in [5.74, 6) is -1.21. The number of fused-ring (bicyclic) bond motifs is 1. The third-order valence-corrected chi connectivity index (χ3v) is 6.96. The van der Waals surface area contributed by atoms with E-state index in [9.17, 15) is 9.59 Å². The highest BCUT2D eigenvalue weighted by atomic mass is 16.2. The van der Waals surface area contributed by atoms with Crippen molar-refractivity contribution in [3.05, 3.63) is 58.7 Å². The van der Waals surface area contributed by atoms with Crippen molar-refractivity contribution < 1.29 is 9.59 Å². The Bertz CT molecular complexity index is 997. The zero-order valence-corrected chi connectivity index (χ0v) is 19.4. The van der Waals surface area contributed by atoms with Crippen molar-refractivity contribution in [1.82, 2.24) is 10.2 Å². The molecule has 0 aliphatic carbocycles. The molecule has 2 N–H and O–H groups in total. The summed E-state index contributed by atoms with van der Waals surface area (Å²) in [6.45, 7) is 7.44. The summed E-state index contributed by atoms with van der Waals surface area (Å²) < 4.78 is 0. The van der Waals surface area contributed by atoms with Gasteiger partial charge in [-0.25, -0.2) is 0 Å². The SMILES string of the molecule is Cc1cccc(NC(=O)C(=O)NC[C@H](c2ccc3c(c2)CCN3C)N2CCCCC2)c1C. The number of piperidine rings is 1. The number of nitrogens with one attached hydrogen (secondary N) is 2. The smallest absolute Gasteiger partial charge is 0.313 e. The van der Waals surface area contributed by atoms with Crippen LogP contribution in [0, 0.1) is 13.8 Å². The molecule has 1 saturated heterocycles. The first kappa shape index (κ1) is 22.3. The van der Waals surface area contributed by atoms with Crippen LogP contribution in [-0.2, 0) is 16.0 Å². The second-order valence-electron chi connectivity index (χ2n) is 9.08. The number of benzene rings is 2. The average Bonchev–Trinajstić information content (AvgIpc) is 3.17. The summed E-state index contributed by atoms with van der Waals surface area (Å²) in [6.07, 6.45) is 4.65. The van der Waals surface area contributed by atoms with E-state index in [0.29, 0.717) is 12.2 Å². The highest BCUT2D eigenvalue weighted by Crippen LogP contribution is 2.32. The van der Waals surface area contributed by atoms with E-state index in [-0.39, 0.29) is 6.04 Å². The lowest BCUT2D eigenvalue weighted by molar-refractivity contribution is -0.136. The van der Waals surface area contributed by atoms with Gasteiger partial charge in [-0.2, -0.15) is 0 Å². The monoisotopic (exact) mass is 434 g/mol. The number of carbonyl (C=O) groups is 2. The van der Waals surface area contributed by atoms with Gasteiger partial charge in [0, 0.05) is 31.5 Å². The van der Waals surface area contributed by atoms with E-state index in [1.165, 1.54) is 36.1 Å². The lowest BCUT2D eigenvalue weighted by atomic mass is 9.98. The quantitative estimate of drug-likeness (QED) is 0.706.